The quantitative estimate of drug-likeness (QED) is 0.522. The third-order valence-corrected chi connectivity index (χ3v) is 5.87. The lowest BCUT2D eigenvalue weighted by molar-refractivity contribution is -0.384. The van der Waals surface area contributed by atoms with Gasteiger partial charge in [-0.1, -0.05) is 23.5 Å². The van der Waals surface area contributed by atoms with Crippen LogP contribution >= 0.6 is 11.3 Å². The van der Waals surface area contributed by atoms with Gasteiger partial charge in [0, 0.05) is 31.8 Å². The minimum atomic E-state index is -0.501. The summed E-state index contributed by atoms with van der Waals surface area (Å²) in [7, 11) is 1.87. The molecule has 2 aromatic carbocycles. The van der Waals surface area contributed by atoms with Gasteiger partial charge in [0.1, 0.15) is 5.69 Å². The molecule has 0 bridgehead atoms. The Labute approximate surface area is 170 Å². The van der Waals surface area contributed by atoms with Gasteiger partial charge >= 0.3 is 0 Å². The van der Waals surface area contributed by atoms with Gasteiger partial charge in [-0.05, 0) is 24.3 Å². The molecule has 10 heteroatoms. The number of hydrogen-bond donors (Lipinski definition) is 1. The number of benzene rings is 2. The fourth-order valence-electron chi connectivity index (χ4n) is 3.23. The summed E-state index contributed by atoms with van der Waals surface area (Å²) in [6.07, 6.45) is 0. The number of thiazole rings is 1. The molecule has 29 heavy (non-hydrogen) atoms. The fourth-order valence-corrected chi connectivity index (χ4v) is 4.21. The minimum Gasteiger partial charge on any atom is -0.378 e. The van der Waals surface area contributed by atoms with Crippen LogP contribution in [0, 0.1) is 10.1 Å². The maximum Gasteiger partial charge on any atom is 0.293 e. The van der Waals surface area contributed by atoms with Crippen LogP contribution in [0.4, 0.5) is 11.4 Å². The van der Waals surface area contributed by atoms with Gasteiger partial charge in [0.2, 0.25) is 4.80 Å². The Bertz CT molecular complexity index is 1150. The average molecular weight is 413 g/mol. The molecule has 1 N–H and O–H groups in total. The van der Waals surface area contributed by atoms with Gasteiger partial charge in [-0.2, -0.15) is 0 Å². The van der Waals surface area contributed by atoms with Crippen LogP contribution in [-0.2, 0) is 11.8 Å². The first-order chi connectivity index (χ1) is 14.0. The number of aryl methyl sites for hydroxylation is 1. The summed E-state index contributed by atoms with van der Waals surface area (Å²) in [6.45, 7) is 2.18. The summed E-state index contributed by atoms with van der Waals surface area (Å²) < 4.78 is 8.23. The van der Waals surface area contributed by atoms with Crippen molar-refractivity contribution in [3.63, 3.8) is 0 Å². The first-order valence-electron chi connectivity index (χ1n) is 9.04. The van der Waals surface area contributed by atoms with Crippen molar-refractivity contribution in [1.82, 2.24) is 9.99 Å². The monoisotopic (exact) mass is 413 g/mol. The number of aromatic nitrogens is 1. The van der Waals surface area contributed by atoms with E-state index in [9.17, 15) is 14.9 Å². The van der Waals surface area contributed by atoms with Crippen LogP contribution in [0.2, 0.25) is 0 Å². The predicted octanol–water partition coefficient (Wildman–Crippen LogP) is 2.23. The second-order valence-electron chi connectivity index (χ2n) is 6.52. The highest BCUT2D eigenvalue weighted by atomic mass is 32.1. The molecule has 0 atom stereocenters. The minimum absolute atomic E-state index is 0.105. The van der Waals surface area contributed by atoms with E-state index in [4.69, 9.17) is 4.74 Å². The number of anilines is 1. The van der Waals surface area contributed by atoms with E-state index < -0.39 is 10.8 Å². The molecular formula is C19H19N5O4S. The number of ether oxygens (including phenoxy) is 1. The van der Waals surface area contributed by atoms with Crippen molar-refractivity contribution in [1.29, 1.82) is 0 Å². The lowest BCUT2D eigenvalue weighted by atomic mass is 10.1. The molecule has 1 fully saturated rings. The van der Waals surface area contributed by atoms with E-state index in [1.54, 1.807) is 12.1 Å². The Balaban J connectivity index is 1.60. The Hall–Kier alpha value is -3.24. The Morgan fingerprint density at radius 3 is 2.72 bits per heavy atom. The molecule has 2 heterocycles. The molecule has 9 nitrogen and oxygen atoms in total. The summed E-state index contributed by atoms with van der Waals surface area (Å²) >= 11 is 1.45. The number of nitrogens with one attached hydrogen (secondary N) is 1. The lowest BCUT2D eigenvalue weighted by Crippen LogP contribution is -2.36. The van der Waals surface area contributed by atoms with Crippen molar-refractivity contribution in [3.05, 3.63) is 62.9 Å². The molecule has 1 saturated heterocycles. The summed E-state index contributed by atoms with van der Waals surface area (Å²) in [5.41, 5.74) is 4.08. The van der Waals surface area contributed by atoms with E-state index >= 15 is 0 Å². The van der Waals surface area contributed by atoms with Crippen LogP contribution in [0.15, 0.2) is 47.6 Å². The number of para-hydroxylation sites is 1. The van der Waals surface area contributed by atoms with Crippen molar-refractivity contribution < 1.29 is 14.5 Å². The highest BCUT2D eigenvalue weighted by molar-refractivity contribution is 7.16. The Kier molecular flexibility index (Phi) is 5.28. The molecule has 150 valence electrons. The number of carbonyl (C=O) groups excluding carboxylic acids is 1. The smallest absolute Gasteiger partial charge is 0.293 e. The highest BCUT2D eigenvalue weighted by Gasteiger charge is 2.23. The maximum atomic E-state index is 12.5. The number of nitrogens with zero attached hydrogens (tertiary/aromatic N) is 4. The Morgan fingerprint density at radius 2 is 2.00 bits per heavy atom. The normalized spacial score (nSPS) is 14.9. The van der Waals surface area contributed by atoms with Gasteiger partial charge in [0.25, 0.3) is 11.6 Å². The summed E-state index contributed by atoms with van der Waals surface area (Å²) in [6, 6.07) is 12.3. The summed E-state index contributed by atoms with van der Waals surface area (Å²) in [4.78, 5) is 26.1. The molecule has 0 radical (unpaired) electrons. The van der Waals surface area contributed by atoms with E-state index in [-0.39, 0.29) is 11.3 Å². The third-order valence-electron chi connectivity index (χ3n) is 4.75. The zero-order valence-corrected chi connectivity index (χ0v) is 16.5. The van der Waals surface area contributed by atoms with E-state index in [1.807, 2.05) is 40.8 Å². The van der Waals surface area contributed by atoms with Crippen LogP contribution in [0.25, 0.3) is 10.2 Å². The SMILES string of the molecule is Cn1/c(=N\NC(=O)c2ccc(N3CCOCC3)c([N+](=O)[O-])c2)sc2ccccc21. The van der Waals surface area contributed by atoms with Gasteiger partial charge in [0.05, 0.1) is 28.4 Å². The van der Waals surface area contributed by atoms with Crippen molar-refractivity contribution in [3.8, 4) is 0 Å². The van der Waals surface area contributed by atoms with E-state index in [1.165, 1.54) is 17.4 Å². The van der Waals surface area contributed by atoms with Gasteiger partial charge < -0.3 is 14.2 Å². The van der Waals surface area contributed by atoms with Gasteiger partial charge in [-0.25, -0.2) is 5.43 Å². The van der Waals surface area contributed by atoms with Crippen molar-refractivity contribution >= 4 is 38.8 Å². The number of carbonyl (C=O) groups is 1. The largest absolute Gasteiger partial charge is 0.378 e. The van der Waals surface area contributed by atoms with Gasteiger partial charge in [0.15, 0.2) is 0 Å². The maximum absolute atomic E-state index is 12.5. The van der Waals surface area contributed by atoms with E-state index in [0.29, 0.717) is 36.8 Å². The molecule has 0 aliphatic carbocycles. The predicted molar refractivity (Wildman–Crippen MR) is 110 cm³/mol. The third kappa shape index (κ3) is 3.84. The average Bonchev–Trinajstić information content (AvgIpc) is 3.08. The molecule has 0 saturated carbocycles. The molecule has 0 unspecified atom stereocenters. The molecule has 1 aromatic heterocycles. The molecule has 1 amide bonds. The molecular weight excluding hydrogens is 394 g/mol. The van der Waals surface area contributed by atoms with Crippen molar-refractivity contribution in [2.75, 3.05) is 31.2 Å². The van der Waals surface area contributed by atoms with Crippen LogP contribution < -0.4 is 15.1 Å². The summed E-state index contributed by atoms with van der Waals surface area (Å²) in [5, 5.41) is 15.7. The number of nitro groups is 1. The number of amides is 1. The molecule has 0 spiro atoms. The van der Waals surface area contributed by atoms with Crippen LogP contribution in [0.1, 0.15) is 10.4 Å². The van der Waals surface area contributed by atoms with Crippen LogP contribution in [0.5, 0.6) is 0 Å². The first kappa shape index (κ1) is 19.1. The fraction of sp³-hybridized carbons (Fsp3) is 0.263. The first-order valence-corrected chi connectivity index (χ1v) is 9.86. The van der Waals surface area contributed by atoms with E-state index in [2.05, 4.69) is 10.5 Å². The van der Waals surface area contributed by atoms with Crippen molar-refractivity contribution in [2.24, 2.45) is 12.1 Å². The summed E-state index contributed by atoms with van der Waals surface area (Å²) in [5.74, 6) is -0.501. The molecule has 3 aromatic rings. The zero-order chi connectivity index (χ0) is 20.4. The van der Waals surface area contributed by atoms with Gasteiger partial charge in [-0.3, -0.25) is 14.9 Å². The number of nitro benzene ring substituents is 1. The number of hydrogen-bond acceptors (Lipinski definition) is 7. The van der Waals surface area contributed by atoms with Crippen LogP contribution in [-0.4, -0.2) is 41.7 Å². The number of fused-ring (bicyclic) bond motifs is 1. The zero-order valence-electron chi connectivity index (χ0n) is 15.7. The standard InChI is InChI=1S/C19H19N5O4S/c1-22-15-4-2-3-5-17(15)29-19(22)21-20-18(25)13-6-7-14(16(12-13)24(26)27)23-8-10-28-11-9-23/h2-7,12H,8-11H2,1H3,(H,20,25)/b21-19+. The second kappa shape index (κ2) is 8.02. The highest BCUT2D eigenvalue weighted by Crippen LogP contribution is 2.29. The Morgan fingerprint density at radius 1 is 1.24 bits per heavy atom. The second-order valence-corrected chi connectivity index (χ2v) is 7.53. The molecule has 1 aliphatic rings. The van der Waals surface area contributed by atoms with Crippen molar-refractivity contribution in [2.45, 2.75) is 0 Å². The van der Waals surface area contributed by atoms with E-state index in [0.717, 1.165) is 10.2 Å². The van der Waals surface area contributed by atoms with Crippen LogP contribution in [0.3, 0.4) is 0 Å². The lowest BCUT2D eigenvalue weighted by Gasteiger charge is -2.28. The number of morpholine rings is 1. The molecule has 4 rings (SSSR count). The van der Waals surface area contributed by atoms with Gasteiger partial charge in [-0.15, -0.1) is 5.10 Å². The topological polar surface area (TPSA) is 102 Å². The molecule has 1 aliphatic heterocycles. The number of rotatable bonds is 4.